The summed E-state index contributed by atoms with van der Waals surface area (Å²) in [7, 11) is -2.46. The van der Waals surface area contributed by atoms with Crippen molar-refractivity contribution in [1.29, 1.82) is 0 Å². The predicted octanol–water partition coefficient (Wildman–Crippen LogP) is 3.06. The SMILES string of the molecule is COc1ccc2c(Nc3ccc(CP(=O)(O)O)cc3)nncc2c1. The van der Waals surface area contributed by atoms with E-state index >= 15 is 0 Å². The van der Waals surface area contributed by atoms with Gasteiger partial charge in [-0.05, 0) is 35.9 Å². The summed E-state index contributed by atoms with van der Waals surface area (Å²) >= 11 is 0. The molecular weight excluding hydrogens is 329 g/mol. The Morgan fingerprint density at radius 3 is 2.58 bits per heavy atom. The first kappa shape index (κ1) is 16.4. The normalized spacial score (nSPS) is 11.5. The van der Waals surface area contributed by atoms with Gasteiger partial charge in [-0.15, -0.1) is 5.10 Å². The first-order valence-corrected chi connectivity index (χ1v) is 8.94. The lowest BCUT2D eigenvalue weighted by atomic mass is 10.1. The fraction of sp³-hybridized carbons (Fsp3) is 0.125. The molecule has 0 atom stereocenters. The molecule has 0 saturated carbocycles. The van der Waals surface area contributed by atoms with E-state index in [1.165, 1.54) is 0 Å². The van der Waals surface area contributed by atoms with Crippen molar-refractivity contribution in [2.75, 3.05) is 12.4 Å². The number of rotatable bonds is 5. The van der Waals surface area contributed by atoms with Gasteiger partial charge < -0.3 is 19.8 Å². The molecule has 0 spiro atoms. The van der Waals surface area contributed by atoms with Crippen molar-refractivity contribution in [2.45, 2.75) is 6.16 Å². The molecule has 124 valence electrons. The molecule has 8 heteroatoms. The lowest BCUT2D eigenvalue weighted by Gasteiger charge is -2.10. The van der Waals surface area contributed by atoms with Crippen molar-refractivity contribution < 1.29 is 19.1 Å². The Labute approximate surface area is 138 Å². The summed E-state index contributed by atoms with van der Waals surface area (Å²) in [5, 5.41) is 13.0. The van der Waals surface area contributed by atoms with Gasteiger partial charge in [-0.25, -0.2) is 0 Å². The molecule has 1 aromatic heterocycles. The summed E-state index contributed by atoms with van der Waals surface area (Å²) in [4.78, 5) is 18.0. The molecule has 0 aliphatic rings. The maximum Gasteiger partial charge on any atom is 0.329 e. The molecular formula is C16H16N3O4P. The van der Waals surface area contributed by atoms with E-state index in [0.29, 0.717) is 11.4 Å². The summed E-state index contributed by atoms with van der Waals surface area (Å²) in [6.45, 7) is 0. The molecule has 7 nitrogen and oxygen atoms in total. The largest absolute Gasteiger partial charge is 0.497 e. The van der Waals surface area contributed by atoms with E-state index in [1.54, 1.807) is 37.6 Å². The fourth-order valence-corrected chi connectivity index (χ4v) is 3.04. The van der Waals surface area contributed by atoms with Crippen LogP contribution in [0.25, 0.3) is 10.8 Å². The van der Waals surface area contributed by atoms with Crippen molar-refractivity contribution in [1.82, 2.24) is 10.2 Å². The van der Waals surface area contributed by atoms with Crippen LogP contribution >= 0.6 is 7.60 Å². The highest BCUT2D eigenvalue weighted by Crippen LogP contribution is 2.39. The Kier molecular flexibility index (Phi) is 4.49. The predicted molar refractivity (Wildman–Crippen MR) is 91.6 cm³/mol. The maximum atomic E-state index is 11.0. The van der Waals surface area contributed by atoms with Crippen molar-refractivity contribution in [3.8, 4) is 5.75 Å². The van der Waals surface area contributed by atoms with Crippen LogP contribution in [0, 0.1) is 0 Å². The first-order valence-electron chi connectivity index (χ1n) is 7.14. The molecule has 3 rings (SSSR count). The van der Waals surface area contributed by atoms with E-state index < -0.39 is 7.60 Å². The van der Waals surface area contributed by atoms with Crippen LogP contribution in [0.4, 0.5) is 11.5 Å². The second kappa shape index (κ2) is 6.57. The lowest BCUT2D eigenvalue weighted by Crippen LogP contribution is -1.97. The van der Waals surface area contributed by atoms with Crippen molar-refractivity contribution in [3.05, 3.63) is 54.2 Å². The fourth-order valence-electron chi connectivity index (χ4n) is 2.35. The zero-order valence-electron chi connectivity index (χ0n) is 12.9. The highest BCUT2D eigenvalue weighted by Gasteiger charge is 2.13. The molecule has 0 aliphatic heterocycles. The Balaban J connectivity index is 1.86. The number of benzene rings is 2. The summed E-state index contributed by atoms with van der Waals surface area (Å²) < 4.78 is 16.2. The number of nitrogens with one attached hydrogen (secondary N) is 1. The molecule has 0 unspecified atom stereocenters. The number of fused-ring (bicyclic) bond motifs is 1. The van der Waals surface area contributed by atoms with Crippen LogP contribution in [0.3, 0.4) is 0 Å². The van der Waals surface area contributed by atoms with E-state index in [4.69, 9.17) is 14.5 Å². The number of aromatic nitrogens is 2. The molecule has 2 aromatic carbocycles. The molecule has 0 radical (unpaired) electrons. The van der Waals surface area contributed by atoms with Crippen LogP contribution in [0.5, 0.6) is 5.75 Å². The molecule has 0 bridgehead atoms. The second-order valence-corrected chi connectivity index (χ2v) is 6.94. The van der Waals surface area contributed by atoms with Gasteiger partial charge in [0.2, 0.25) is 0 Å². The minimum Gasteiger partial charge on any atom is -0.497 e. The van der Waals surface area contributed by atoms with Gasteiger partial charge in [0, 0.05) is 16.5 Å². The van der Waals surface area contributed by atoms with Crippen molar-refractivity contribution in [2.24, 2.45) is 0 Å². The summed E-state index contributed by atoms with van der Waals surface area (Å²) in [6, 6.07) is 12.4. The quantitative estimate of drug-likeness (QED) is 0.610. The smallest absolute Gasteiger partial charge is 0.329 e. The van der Waals surface area contributed by atoms with Gasteiger partial charge in [-0.3, -0.25) is 4.57 Å². The average molecular weight is 345 g/mol. The summed E-state index contributed by atoms with van der Waals surface area (Å²) in [5.41, 5.74) is 1.32. The molecule has 0 aliphatic carbocycles. The van der Waals surface area contributed by atoms with E-state index in [-0.39, 0.29) is 6.16 Å². The topological polar surface area (TPSA) is 105 Å². The van der Waals surface area contributed by atoms with Gasteiger partial charge >= 0.3 is 7.60 Å². The van der Waals surface area contributed by atoms with Crippen LogP contribution in [0.1, 0.15) is 5.56 Å². The maximum absolute atomic E-state index is 11.0. The molecule has 0 amide bonds. The van der Waals surface area contributed by atoms with Crippen LogP contribution in [-0.2, 0) is 10.7 Å². The van der Waals surface area contributed by atoms with Crippen molar-refractivity contribution in [3.63, 3.8) is 0 Å². The van der Waals surface area contributed by atoms with E-state index in [9.17, 15) is 4.57 Å². The molecule has 0 fully saturated rings. The lowest BCUT2D eigenvalue weighted by molar-refractivity contribution is 0.371. The third-order valence-electron chi connectivity index (χ3n) is 3.47. The zero-order chi connectivity index (χ0) is 17.2. The van der Waals surface area contributed by atoms with E-state index in [0.717, 1.165) is 22.2 Å². The van der Waals surface area contributed by atoms with Crippen LogP contribution in [-0.4, -0.2) is 27.1 Å². The standard InChI is InChI=1S/C16H16N3O4P/c1-23-14-6-7-15-12(8-14)9-17-19-16(15)18-13-4-2-11(3-5-13)10-24(20,21)22/h2-9H,10H2,1H3,(H,18,19)(H2,20,21,22). The third-order valence-corrected chi connectivity index (χ3v) is 4.25. The minimum atomic E-state index is -4.06. The van der Waals surface area contributed by atoms with Gasteiger partial charge in [0.25, 0.3) is 0 Å². The Morgan fingerprint density at radius 2 is 1.92 bits per heavy atom. The number of nitrogens with zero attached hydrogens (tertiary/aromatic N) is 2. The molecule has 0 saturated heterocycles. The van der Waals surface area contributed by atoms with Gasteiger partial charge in [-0.1, -0.05) is 12.1 Å². The van der Waals surface area contributed by atoms with Crippen LogP contribution in [0.15, 0.2) is 48.7 Å². The molecule has 24 heavy (non-hydrogen) atoms. The Morgan fingerprint density at radius 1 is 1.17 bits per heavy atom. The van der Waals surface area contributed by atoms with Gasteiger partial charge in [0.1, 0.15) is 5.75 Å². The number of hydrogen-bond donors (Lipinski definition) is 3. The molecule has 3 N–H and O–H groups in total. The number of anilines is 2. The molecule has 3 aromatic rings. The summed E-state index contributed by atoms with van der Waals surface area (Å²) in [6.07, 6.45) is 1.38. The van der Waals surface area contributed by atoms with Crippen LogP contribution in [0.2, 0.25) is 0 Å². The second-order valence-electron chi connectivity index (χ2n) is 5.29. The molecule has 1 heterocycles. The van der Waals surface area contributed by atoms with Crippen molar-refractivity contribution >= 4 is 29.9 Å². The van der Waals surface area contributed by atoms with E-state index in [1.807, 2.05) is 18.2 Å². The summed E-state index contributed by atoms with van der Waals surface area (Å²) in [5.74, 6) is 1.33. The number of ether oxygens (including phenoxy) is 1. The highest BCUT2D eigenvalue weighted by molar-refractivity contribution is 7.50. The van der Waals surface area contributed by atoms with Gasteiger partial charge in [0.15, 0.2) is 5.82 Å². The Hall–Kier alpha value is -2.47. The van der Waals surface area contributed by atoms with Crippen LogP contribution < -0.4 is 10.1 Å². The zero-order valence-corrected chi connectivity index (χ0v) is 13.8. The third kappa shape index (κ3) is 3.89. The van der Waals surface area contributed by atoms with Gasteiger partial charge in [-0.2, -0.15) is 5.10 Å². The Bertz CT molecular complexity index is 909. The average Bonchev–Trinajstić information content (AvgIpc) is 2.55. The van der Waals surface area contributed by atoms with E-state index in [2.05, 4.69) is 15.5 Å². The first-order chi connectivity index (χ1) is 11.4. The number of hydrogen-bond acceptors (Lipinski definition) is 5. The van der Waals surface area contributed by atoms with Gasteiger partial charge in [0.05, 0.1) is 19.5 Å². The highest BCUT2D eigenvalue weighted by atomic mass is 31.2. The minimum absolute atomic E-state index is 0.277. The number of methoxy groups -OCH3 is 1. The monoisotopic (exact) mass is 345 g/mol.